The Morgan fingerprint density at radius 3 is 0.902 bits per heavy atom. The molecule has 768 valence electrons. The first-order chi connectivity index (χ1) is 61.0. The van der Waals surface area contributed by atoms with Crippen LogP contribution in [0.1, 0.15) is 407 Å². The average Bonchev–Trinajstić information content (AvgIpc) is 1.81. The summed E-state index contributed by atoms with van der Waals surface area (Å²) in [7, 11) is 0. The van der Waals surface area contributed by atoms with Crippen LogP contribution in [0, 0.1) is 96.1 Å². The molecule has 5 unspecified atom stereocenters. The van der Waals surface area contributed by atoms with Crippen molar-refractivity contribution in [3.63, 3.8) is 0 Å². The molecular formula is C110H207N11O11. The van der Waals surface area contributed by atoms with E-state index in [9.17, 15) is 43.2 Å². The van der Waals surface area contributed by atoms with Crippen LogP contribution in [0.5, 0.6) is 0 Å². The van der Waals surface area contributed by atoms with E-state index in [4.69, 9.17) is 9.47 Å². The van der Waals surface area contributed by atoms with Gasteiger partial charge in [-0.2, -0.15) is 0 Å². The number of nitrogens with one attached hydrogen (secondary N) is 9. The first-order valence-electron chi connectivity index (χ1n) is 52.3. The molecule has 0 radical (unpaired) electrons. The summed E-state index contributed by atoms with van der Waals surface area (Å²) in [4.78, 5) is 110. The van der Waals surface area contributed by atoms with Crippen LogP contribution in [0.25, 0.3) is 0 Å². The summed E-state index contributed by atoms with van der Waals surface area (Å²) in [5.41, 5.74) is -1.27. The van der Waals surface area contributed by atoms with Gasteiger partial charge in [0.15, 0.2) is 0 Å². The quantitative estimate of drug-likeness (QED) is 0.0554. The normalized spacial score (nSPS) is 19.8. The minimum absolute atomic E-state index is 0.0675. The van der Waals surface area contributed by atoms with E-state index in [2.05, 4.69) is 92.3 Å². The van der Waals surface area contributed by atoms with Crippen molar-refractivity contribution in [2.45, 2.75) is 420 Å². The van der Waals surface area contributed by atoms with Crippen LogP contribution in [0.4, 0.5) is 0 Å². The Balaban J connectivity index is 0.000000743. The number of hydrogen-bond acceptors (Lipinski definition) is 13. The molecular weight excluding hydrogens is 1650 g/mol. The molecule has 5 atom stereocenters. The molecule has 9 N–H and O–H groups in total. The zero-order chi connectivity index (χ0) is 101. The summed E-state index contributed by atoms with van der Waals surface area (Å²) < 4.78 is 10.6. The number of benzene rings is 1. The van der Waals surface area contributed by atoms with E-state index in [1.807, 2.05) is 224 Å². The second kappa shape index (κ2) is 61.6. The van der Waals surface area contributed by atoms with E-state index < -0.39 is 0 Å². The van der Waals surface area contributed by atoms with Gasteiger partial charge in [0.05, 0.1) is 12.6 Å². The van der Waals surface area contributed by atoms with Crippen molar-refractivity contribution in [3.8, 4) is 0 Å². The Morgan fingerprint density at radius 1 is 0.311 bits per heavy atom. The number of carbonyl (C=O) groups excluding carboxylic acids is 9. The number of amides is 9. The first kappa shape index (κ1) is 124. The van der Waals surface area contributed by atoms with Gasteiger partial charge in [-0.05, 0) is 223 Å². The Bertz CT molecular complexity index is 3300. The van der Waals surface area contributed by atoms with E-state index in [-0.39, 0.29) is 108 Å². The molecule has 9 rings (SSSR count). The van der Waals surface area contributed by atoms with Gasteiger partial charge in [-0.25, -0.2) is 0 Å². The van der Waals surface area contributed by atoms with Gasteiger partial charge < -0.3 is 67.1 Å². The van der Waals surface area contributed by atoms with Gasteiger partial charge in [0, 0.05) is 126 Å². The molecule has 22 heteroatoms. The number of nitrogens with zero attached hydrogens (tertiary/aromatic N) is 2. The summed E-state index contributed by atoms with van der Waals surface area (Å²) in [6, 6.07) is 11.4. The van der Waals surface area contributed by atoms with Gasteiger partial charge in [0.2, 0.25) is 53.2 Å². The largest absolute Gasteiger partial charge is 0.381 e. The van der Waals surface area contributed by atoms with E-state index in [1.54, 1.807) is 0 Å². The summed E-state index contributed by atoms with van der Waals surface area (Å²) >= 11 is 0. The number of ether oxygens (including phenoxy) is 2. The molecule has 4 aliphatic heterocycles. The summed E-state index contributed by atoms with van der Waals surface area (Å²) in [5, 5.41) is 27.4. The van der Waals surface area contributed by atoms with Crippen molar-refractivity contribution in [3.05, 3.63) is 35.9 Å². The number of rotatable bonds is 21. The van der Waals surface area contributed by atoms with Crippen molar-refractivity contribution < 1.29 is 52.6 Å². The molecule has 4 saturated carbocycles. The highest BCUT2D eigenvalue weighted by Crippen LogP contribution is 2.32. The summed E-state index contributed by atoms with van der Waals surface area (Å²) in [5.74, 6) is 6.79. The molecule has 4 heterocycles. The molecule has 8 fully saturated rings. The van der Waals surface area contributed by atoms with Crippen molar-refractivity contribution in [1.82, 2.24) is 57.7 Å². The Morgan fingerprint density at radius 2 is 0.591 bits per heavy atom. The third-order valence-electron chi connectivity index (χ3n) is 26.6. The molecule has 1 aromatic rings. The van der Waals surface area contributed by atoms with E-state index >= 15 is 0 Å². The molecule has 4 saturated heterocycles. The first-order valence-corrected chi connectivity index (χ1v) is 52.3. The van der Waals surface area contributed by atoms with Crippen molar-refractivity contribution in [1.29, 1.82) is 0 Å². The van der Waals surface area contributed by atoms with E-state index in [0.29, 0.717) is 53.6 Å². The lowest BCUT2D eigenvalue weighted by Gasteiger charge is -2.35. The predicted octanol–water partition coefficient (Wildman–Crippen LogP) is 21.1. The molecule has 9 amide bonds. The lowest BCUT2D eigenvalue weighted by Crippen LogP contribution is -2.44. The maximum absolute atomic E-state index is 11.8. The Hall–Kier alpha value is -5.71. The van der Waals surface area contributed by atoms with Gasteiger partial charge in [-0.3, -0.25) is 43.2 Å². The molecule has 0 spiro atoms. The van der Waals surface area contributed by atoms with Crippen LogP contribution in [-0.2, 0) is 52.6 Å². The lowest BCUT2D eigenvalue weighted by molar-refractivity contribution is -0.130. The van der Waals surface area contributed by atoms with Crippen molar-refractivity contribution >= 4 is 53.2 Å². The topological polar surface area (TPSA) is 287 Å². The monoisotopic (exact) mass is 1860 g/mol. The molecule has 132 heavy (non-hydrogen) atoms. The minimum atomic E-state index is -0.330. The van der Waals surface area contributed by atoms with Crippen LogP contribution >= 0.6 is 0 Å². The third kappa shape index (κ3) is 56.9. The van der Waals surface area contributed by atoms with Crippen molar-refractivity contribution in [2.24, 2.45) is 96.1 Å². The standard InChI is InChI=1S/C14H28N2O.C13H26N2O.C13H25NO.C13H19NO.2C12H23NO.2C11H21NO2.C11H21NO/c1-11(2)16-8-6-12(7-9-16)10-15-13(17)14(3,4)5;1-5-15-8-6-11(7-9-15)10-14-12(16)13(2,3)4;2*1-10(11-8-6-5-7-9-11)14-12(15)13(2,3)4;1-9(10-7-5-6-8-10)13-11(14)12(2,3)4;1-12(2,3)11(14)13-9-10-7-5-4-6-8-10;1-11(2,3)10(13)12-6-4-9-5-7-14-8-9;1-11(2,3)10(13)12-7-9-5-4-6-14-8-9;1-11(2,3)10(13)12-8-9-6-4-5-7-9/h11-12H,6-10H2,1-5H3,(H,15,17);11H,5-10H2,1-4H3,(H,14,16);10-11H,5-9H2,1-4H3,(H,14,15);5-10H,1-4H3,(H,14,15);9-10H,5-8H2,1-4H3,(H,13,14);10H,4-9H2,1-3H3,(H,13,14);2*9H,4-8H2,1-3H3,(H,12,13);9H,4-8H2,1-3H3,(H,12,13). The summed E-state index contributed by atoms with van der Waals surface area (Å²) in [6.07, 6.45) is 33.1. The molecule has 22 nitrogen and oxygen atoms in total. The molecule has 0 aromatic heterocycles. The maximum atomic E-state index is 11.8. The van der Waals surface area contributed by atoms with Crippen LogP contribution in [0.15, 0.2) is 30.3 Å². The average molecular weight is 1860 g/mol. The van der Waals surface area contributed by atoms with Crippen molar-refractivity contribution in [2.75, 3.05) is 98.4 Å². The lowest BCUT2D eigenvalue weighted by atomic mass is 9.84. The fraction of sp³-hybridized carbons (Fsp3) is 0.864. The van der Waals surface area contributed by atoms with Crippen LogP contribution in [0.2, 0.25) is 0 Å². The fourth-order valence-corrected chi connectivity index (χ4v) is 16.1. The fourth-order valence-electron chi connectivity index (χ4n) is 16.1. The maximum Gasteiger partial charge on any atom is 0.225 e. The predicted molar refractivity (Wildman–Crippen MR) is 550 cm³/mol. The third-order valence-corrected chi connectivity index (χ3v) is 26.6. The molecule has 0 bridgehead atoms. The van der Waals surface area contributed by atoms with Crippen LogP contribution in [-0.4, -0.2) is 180 Å². The van der Waals surface area contributed by atoms with Gasteiger partial charge in [0.1, 0.15) is 0 Å². The van der Waals surface area contributed by atoms with Gasteiger partial charge in [0.25, 0.3) is 0 Å². The molecule has 8 aliphatic rings. The zero-order valence-corrected chi connectivity index (χ0v) is 91.2. The van der Waals surface area contributed by atoms with Crippen LogP contribution < -0.4 is 47.9 Å². The number of likely N-dealkylation sites (tertiary alicyclic amines) is 2. The smallest absolute Gasteiger partial charge is 0.225 e. The molecule has 4 aliphatic carbocycles. The highest BCUT2D eigenvalue weighted by atomic mass is 16.5. The van der Waals surface area contributed by atoms with E-state index in [1.165, 1.54) is 174 Å². The highest BCUT2D eigenvalue weighted by Gasteiger charge is 2.34. The minimum Gasteiger partial charge on any atom is -0.381 e. The zero-order valence-electron chi connectivity index (χ0n) is 91.2. The SMILES string of the molecule is CC(C)(C)C(=O)NCC1CCCC1.CC(C)(C)C(=O)NCC1CCCCC1.CC(C)(C)C(=O)NCC1CCCOC1.CC(C)(C)C(=O)NCCC1CCOC1.CC(C)N1CCC(CNC(=O)C(C)(C)C)CC1.CC(NC(=O)C(C)(C)C)C1CCCC1.CC(NC(=O)C(C)(C)C)C1CCCCC1.CC(NC(=O)C(C)(C)C)c1ccccc1.CCN1CCC(CNC(=O)C(C)(C)C)CC1. The van der Waals surface area contributed by atoms with Gasteiger partial charge in [-0.1, -0.05) is 288 Å². The van der Waals surface area contributed by atoms with Gasteiger partial charge in [-0.15, -0.1) is 0 Å². The second-order valence-electron chi connectivity index (χ2n) is 49.3. The second-order valence-corrected chi connectivity index (χ2v) is 49.3. The number of hydrogen-bond donors (Lipinski definition) is 9. The Labute approximate surface area is 809 Å². The highest BCUT2D eigenvalue weighted by molar-refractivity contribution is 5.85. The van der Waals surface area contributed by atoms with Crippen LogP contribution in [0.3, 0.4) is 0 Å². The number of piperidine rings is 2. The van der Waals surface area contributed by atoms with E-state index in [0.717, 1.165) is 109 Å². The Kier molecular flexibility index (Phi) is 58.0. The number of carbonyl (C=O) groups is 9. The summed E-state index contributed by atoms with van der Waals surface area (Å²) in [6.45, 7) is 80.0. The molecule has 1 aromatic carbocycles. The van der Waals surface area contributed by atoms with Gasteiger partial charge >= 0.3 is 0 Å².